The van der Waals surface area contributed by atoms with Crippen LogP contribution in [0.3, 0.4) is 0 Å². The van der Waals surface area contributed by atoms with Crippen LogP contribution in [0.15, 0.2) is 12.3 Å². The molecule has 104 valence electrons. The van der Waals surface area contributed by atoms with Crippen LogP contribution in [-0.4, -0.2) is 31.6 Å². The molecule has 0 spiro atoms. The molecule has 0 saturated carbocycles. The smallest absolute Gasteiger partial charge is 0.302 e. The van der Waals surface area contributed by atoms with Gasteiger partial charge in [-0.25, -0.2) is 4.98 Å². The predicted octanol–water partition coefficient (Wildman–Crippen LogP) is 0.969. The molecule has 1 aromatic rings. The van der Waals surface area contributed by atoms with Gasteiger partial charge in [0.2, 0.25) is 5.91 Å². The first kappa shape index (κ1) is 14.0. The zero-order valence-corrected chi connectivity index (χ0v) is 11.3. The molecule has 0 radical (unpaired) electrons. The zero-order valence-electron chi connectivity index (χ0n) is 9.71. The number of hydrogen-bond acceptors (Lipinski definition) is 5. The van der Waals surface area contributed by atoms with Gasteiger partial charge in [-0.3, -0.25) is 9.69 Å². The second-order valence-corrected chi connectivity index (χ2v) is 6.19. The van der Waals surface area contributed by atoms with E-state index in [4.69, 9.17) is 17.3 Å². The van der Waals surface area contributed by atoms with Gasteiger partial charge in [0.05, 0.1) is 16.5 Å². The minimum atomic E-state index is -4.61. The molecule has 1 aromatic heterocycles. The van der Waals surface area contributed by atoms with Gasteiger partial charge in [0.1, 0.15) is 0 Å². The number of pyridine rings is 1. The molecule has 9 heteroatoms. The van der Waals surface area contributed by atoms with Gasteiger partial charge in [-0.1, -0.05) is 11.6 Å². The second-order valence-electron chi connectivity index (χ2n) is 4.35. The summed E-state index contributed by atoms with van der Waals surface area (Å²) in [6, 6.07) is 1.44. The van der Waals surface area contributed by atoms with E-state index in [-0.39, 0.29) is 30.4 Å². The largest absolute Gasteiger partial charge is 0.396 e. The van der Waals surface area contributed by atoms with Crippen LogP contribution in [0.2, 0.25) is 5.02 Å². The highest BCUT2D eigenvalue weighted by atomic mass is 35.5. The number of carbonyl (C=O) groups is 1. The molecule has 0 aliphatic carbocycles. The van der Waals surface area contributed by atoms with Gasteiger partial charge in [0, 0.05) is 25.1 Å². The SMILES string of the molecule is Nc1cc(Cl)cnc1N1CC(CS(=O)(=O)F)CC1=O. The third-order valence-electron chi connectivity index (χ3n) is 2.76. The molecule has 2 N–H and O–H groups in total. The highest BCUT2D eigenvalue weighted by Gasteiger charge is 2.35. The lowest BCUT2D eigenvalue weighted by atomic mass is 10.1. The van der Waals surface area contributed by atoms with Crippen LogP contribution < -0.4 is 10.6 Å². The van der Waals surface area contributed by atoms with Crippen LogP contribution in [0.25, 0.3) is 0 Å². The molecule has 1 atom stereocenters. The Bertz CT molecular complexity index is 622. The molecule has 0 aromatic carbocycles. The fourth-order valence-corrected chi connectivity index (χ4v) is 3.01. The van der Waals surface area contributed by atoms with Crippen molar-refractivity contribution in [3.8, 4) is 0 Å². The average Bonchev–Trinajstić information content (AvgIpc) is 2.56. The van der Waals surface area contributed by atoms with E-state index in [1.54, 1.807) is 0 Å². The summed E-state index contributed by atoms with van der Waals surface area (Å²) < 4.78 is 33.8. The Hall–Kier alpha value is -1.41. The van der Waals surface area contributed by atoms with Crippen molar-refractivity contribution in [2.75, 3.05) is 22.9 Å². The van der Waals surface area contributed by atoms with Crippen molar-refractivity contribution in [2.45, 2.75) is 6.42 Å². The molecule has 0 bridgehead atoms. The van der Waals surface area contributed by atoms with Crippen molar-refractivity contribution >= 4 is 39.2 Å². The lowest BCUT2D eigenvalue weighted by molar-refractivity contribution is -0.117. The van der Waals surface area contributed by atoms with Gasteiger partial charge < -0.3 is 5.73 Å². The van der Waals surface area contributed by atoms with Gasteiger partial charge in [0.15, 0.2) is 5.82 Å². The third-order valence-corrected chi connectivity index (χ3v) is 3.83. The first-order valence-electron chi connectivity index (χ1n) is 5.40. The summed E-state index contributed by atoms with van der Waals surface area (Å²) in [6.45, 7) is 0.0703. The molecule has 2 heterocycles. The Morgan fingerprint density at radius 3 is 2.84 bits per heavy atom. The number of rotatable bonds is 3. The molecule has 1 aliphatic rings. The van der Waals surface area contributed by atoms with Gasteiger partial charge in [-0.05, 0) is 6.07 Å². The molecule has 1 saturated heterocycles. The van der Waals surface area contributed by atoms with Crippen LogP contribution in [-0.2, 0) is 15.0 Å². The highest BCUT2D eigenvalue weighted by molar-refractivity contribution is 7.86. The number of halogens is 2. The molecule has 1 amide bonds. The Morgan fingerprint density at radius 2 is 2.26 bits per heavy atom. The summed E-state index contributed by atoms with van der Waals surface area (Å²) in [7, 11) is -4.61. The lowest BCUT2D eigenvalue weighted by Gasteiger charge is -2.17. The van der Waals surface area contributed by atoms with Gasteiger partial charge in [0.25, 0.3) is 0 Å². The highest BCUT2D eigenvalue weighted by Crippen LogP contribution is 2.29. The maximum atomic E-state index is 12.6. The van der Waals surface area contributed by atoms with E-state index in [0.29, 0.717) is 5.02 Å². The number of carbonyl (C=O) groups excluding carboxylic acids is 1. The van der Waals surface area contributed by atoms with E-state index >= 15 is 0 Å². The molecule has 1 aliphatic heterocycles. The van der Waals surface area contributed by atoms with Crippen molar-refractivity contribution < 1.29 is 17.1 Å². The second kappa shape index (κ2) is 4.93. The number of hydrogen-bond donors (Lipinski definition) is 1. The van der Waals surface area contributed by atoms with Crippen LogP contribution in [0.1, 0.15) is 6.42 Å². The topological polar surface area (TPSA) is 93.4 Å². The number of nitrogens with two attached hydrogens (primary N) is 1. The van der Waals surface area contributed by atoms with Crippen molar-refractivity contribution in [1.82, 2.24) is 4.98 Å². The third kappa shape index (κ3) is 3.32. The fraction of sp³-hybridized carbons (Fsp3) is 0.400. The van der Waals surface area contributed by atoms with E-state index in [2.05, 4.69) is 4.98 Å². The average molecular weight is 308 g/mol. The van der Waals surface area contributed by atoms with E-state index in [9.17, 15) is 17.1 Å². The summed E-state index contributed by atoms with van der Waals surface area (Å²) in [6.07, 6.45) is 1.28. The maximum absolute atomic E-state index is 12.6. The van der Waals surface area contributed by atoms with Gasteiger partial charge in [-0.2, -0.15) is 8.42 Å². The molecular weight excluding hydrogens is 297 g/mol. The fourth-order valence-electron chi connectivity index (χ4n) is 2.05. The van der Waals surface area contributed by atoms with Crippen molar-refractivity contribution in [2.24, 2.45) is 5.92 Å². The summed E-state index contributed by atoms with van der Waals surface area (Å²) in [5, 5.41) is 0.329. The first-order chi connectivity index (χ1) is 8.76. The Kier molecular flexibility index (Phi) is 3.64. The Balaban J connectivity index is 2.20. The Labute approximate surface area is 114 Å². The standard InChI is InChI=1S/C10H11ClFN3O3S/c11-7-2-8(13)10(14-3-7)15-4-6(1-9(15)16)5-19(12,17)18/h2-3,6H,1,4-5,13H2. The number of nitrogen functional groups attached to an aromatic ring is 1. The quantitative estimate of drug-likeness (QED) is 0.840. The molecular formula is C10H11ClFN3O3S. The molecule has 1 unspecified atom stereocenters. The summed E-state index contributed by atoms with van der Waals surface area (Å²) in [4.78, 5) is 17.0. The number of amides is 1. The van der Waals surface area contributed by atoms with Crippen LogP contribution in [0.5, 0.6) is 0 Å². The van der Waals surface area contributed by atoms with Crippen LogP contribution in [0, 0.1) is 5.92 Å². The predicted molar refractivity (Wildman–Crippen MR) is 69.0 cm³/mol. The minimum absolute atomic E-state index is 0.0487. The molecule has 19 heavy (non-hydrogen) atoms. The molecule has 1 fully saturated rings. The van der Waals surface area contributed by atoms with E-state index in [1.165, 1.54) is 17.2 Å². The van der Waals surface area contributed by atoms with Crippen molar-refractivity contribution in [3.63, 3.8) is 0 Å². The van der Waals surface area contributed by atoms with E-state index in [0.717, 1.165) is 0 Å². The normalized spacial score (nSPS) is 20.0. The summed E-state index contributed by atoms with van der Waals surface area (Å²) in [5.74, 6) is -1.40. The minimum Gasteiger partial charge on any atom is -0.396 e. The van der Waals surface area contributed by atoms with E-state index < -0.39 is 21.9 Å². The van der Waals surface area contributed by atoms with Crippen LogP contribution in [0.4, 0.5) is 15.4 Å². The number of anilines is 2. The van der Waals surface area contributed by atoms with Gasteiger partial charge >= 0.3 is 10.2 Å². The lowest BCUT2D eigenvalue weighted by Crippen LogP contribution is -2.27. The van der Waals surface area contributed by atoms with E-state index in [1.807, 2.05) is 0 Å². The van der Waals surface area contributed by atoms with Crippen molar-refractivity contribution in [1.29, 1.82) is 0 Å². The first-order valence-corrected chi connectivity index (χ1v) is 7.33. The zero-order chi connectivity index (χ0) is 14.2. The van der Waals surface area contributed by atoms with Gasteiger partial charge in [-0.15, -0.1) is 3.89 Å². The maximum Gasteiger partial charge on any atom is 0.302 e. The molecule has 6 nitrogen and oxygen atoms in total. The summed E-state index contributed by atoms with van der Waals surface area (Å²) in [5.41, 5.74) is 5.92. The monoisotopic (exact) mass is 307 g/mol. The summed E-state index contributed by atoms with van der Waals surface area (Å²) >= 11 is 5.70. The van der Waals surface area contributed by atoms with Crippen LogP contribution >= 0.6 is 11.6 Å². The number of nitrogens with zero attached hydrogens (tertiary/aromatic N) is 2. The molecule has 2 rings (SSSR count). The Morgan fingerprint density at radius 1 is 1.58 bits per heavy atom. The number of aromatic nitrogens is 1. The van der Waals surface area contributed by atoms with Crippen molar-refractivity contribution in [3.05, 3.63) is 17.3 Å².